The minimum atomic E-state index is 0.102. The van der Waals surface area contributed by atoms with Crippen molar-refractivity contribution < 1.29 is 4.79 Å². The Morgan fingerprint density at radius 2 is 1.89 bits per heavy atom. The maximum atomic E-state index is 11.9. The van der Waals surface area contributed by atoms with Crippen LogP contribution in [0.1, 0.15) is 53.4 Å². The van der Waals surface area contributed by atoms with Gasteiger partial charge in [-0.05, 0) is 44.6 Å². The van der Waals surface area contributed by atoms with Crippen LogP contribution in [0.2, 0.25) is 0 Å². The Bertz CT molecular complexity index is 222. The van der Waals surface area contributed by atoms with E-state index in [2.05, 4.69) is 19.2 Å². The second kappa shape index (κ2) is 10.7. The van der Waals surface area contributed by atoms with Crippen molar-refractivity contribution in [3.8, 4) is 0 Å². The van der Waals surface area contributed by atoms with Crippen LogP contribution in [-0.2, 0) is 4.79 Å². The zero-order valence-electron chi connectivity index (χ0n) is 12.4. The lowest BCUT2D eigenvalue weighted by molar-refractivity contribution is -0.125. The molecule has 0 aliphatic carbocycles. The molecule has 0 fully saturated rings. The lowest BCUT2D eigenvalue weighted by Crippen LogP contribution is -2.36. The summed E-state index contributed by atoms with van der Waals surface area (Å²) >= 11 is 1.92. The van der Waals surface area contributed by atoms with Crippen LogP contribution in [0.25, 0.3) is 0 Å². The van der Waals surface area contributed by atoms with Gasteiger partial charge in [0.15, 0.2) is 0 Å². The van der Waals surface area contributed by atoms with Gasteiger partial charge in [-0.1, -0.05) is 20.3 Å². The lowest BCUT2D eigenvalue weighted by Gasteiger charge is -2.17. The molecule has 0 radical (unpaired) electrons. The largest absolute Gasteiger partial charge is 0.353 e. The summed E-state index contributed by atoms with van der Waals surface area (Å²) in [6.45, 7) is 8.26. The number of rotatable bonds is 10. The summed E-state index contributed by atoms with van der Waals surface area (Å²) in [5.74, 6) is 2.56. The fourth-order valence-electron chi connectivity index (χ4n) is 1.74. The molecule has 0 aromatic carbocycles. The Balaban J connectivity index is 3.71. The normalized spacial score (nSPS) is 16.1. The molecule has 0 spiro atoms. The van der Waals surface area contributed by atoms with Crippen molar-refractivity contribution in [3.05, 3.63) is 0 Å². The minimum absolute atomic E-state index is 0.102. The third kappa shape index (κ3) is 9.77. The molecule has 0 bridgehead atoms. The molecular formula is C14H30N2OS. The first-order valence-electron chi connectivity index (χ1n) is 7.11. The van der Waals surface area contributed by atoms with E-state index in [0.29, 0.717) is 0 Å². The van der Waals surface area contributed by atoms with E-state index < -0.39 is 0 Å². The molecule has 3 atom stereocenters. The van der Waals surface area contributed by atoms with Crippen LogP contribution in [0.15, 0.2) is 0 Å². The Hall–Kier alpha value is -0.220. The first-order chi connectivity index (χ1) is 8.47. The molecule has 0 aliphatic heterocycles. The second-order valence-electron chi connectivity index (χ2n) is 5.20. The molecule has 3 nitrogen and oxygen atoms in total. The van der Waals surface area contributed by atoms with Crippen molar-refractivity contribution in [3.63, 3.8) is 0 Å². The van der Waals surface area contributed by atoms with Crippen LogP contribution in [0.4, 0.5) is 0 Å². The van der Waals surface area contributed by atoms with Gasteiger partial charge in [0.25, 0.3) is 0 Å². The highest BCUT2D eigenvalue weighted by molar-refractivity contribution is 7.99. The Morgan fingerprint density at radius 1 is 1.22 bits per heavy atom. The van der Waals surface area contributed by atoms with E-state index >= 15 is 0 Å². The van der Waals surface area contributed by atoms with Crippen LogP contribution >= 0.6 is 11.8 Å². The number of amides is 1. The van der Waals surface area contributed by atoms with Crippen LogP contribution in [-0.4, -0.2) is 29.5 Å². The van der Waals surface area contributed by atoms with Crippen molar-refractivity contribution in [2.75, 3.05) is 11.5 Å². The highest BCUT2D eigenvalue weighted by atomic mass is 32.2. The zero-order chi connectivity index (χ0) is 14.0. The number of carbonyl (C=O) groups excluding carboxylic acids is 1. The number of nitrogens with two attached hydrogens (primary N) is 1. The van der Waals surface area contributed by atoms with Gasteiger partial charge in [-0.25, -0.2) is 0 Å². The van der Waals surface area contributed by atoms with Crippen molar-refractivity contribution in [2.24, 2.45) is 11.7 Å². The third-order valence-electron chi connectivity index (χ3n) is 3.03. The standard InChI is InChI=1S/C14H30N2OS/c1-5-18-10-9-13(4)16-14(17)11(2)7-6-8-12(3)15/h11-13H,5-10,15H2,1-4H3,(H,16,17). The molecule has 3 unspecified atom stereocenters. The molecule has 0 aromatic rings. The van der Waals surface area contributed by atoms with Crippen molar-refractivity contribution >= 4 is 17.7 Å². The van der Waals surface area contributed by atoms with Gasteiger partial charge in [-0.3, -0.25) is 4.79 Å². The fraction of sp³-hybridized carbons (Fsp3) is 0.929. The molecule has 108 valence electrons. The van der Waals surface area contributed by atoms with E-state index in [-0.39, 0.29) is 23.9 Å². The maximum Gasteiger partial charge on any atom is 0.223 e. The van der Waals surface area contributed by atoms with E-state index in [4.69, 9.17) is 5.73 Å². The molecule has 0 rings (SSSR count). The van der Waals surface area contributed by atoms with Gasteiger partial charge in [0.1, 0.15) is 0 Å². The van der Waals surface area contributed by atoms with E-state index in [1.807, 2.05) is 25.6 Å². The molecule has 18 heavy (non-hydrogen) atoms. The number of hydrogen-bond donors (Lipinski definition) is 2. The first kappa shape index (κ1) is 17.8. The monoisotopic (exact) mass is 274 g/mol. The molecule has 0 saturated heterocycles. The van der Waals surface area contributed by atoms with Gasteiger partial charge in [0.2, 0.25) is 5.91 Å². The highest BCUT2D eigenvalue weighted by Gasteiger charge is 2.14. The third-order valence-corrected chi connectivity index (χ3v) is 3.96. The SMILES string of the molecule is CCSCCC(C)NC(=O)C(C)CCCC(C)N. The number of hydrogen-bond acceptors (Lipinski definition) is 3. The predicted octanol–water partition coefficient (Wildman–Crippen LogP) is 2.79. The van der Waals surface area contributed by atoms with Crippen LogP contribution < -0.4 is 11.1 Å². The van der Waals surface area contributed by atoms with Gasteiger partial charge in [-0.15, -0.1) is 0 Å². The maximum absolute atomic E-state index is 11.9. The number of carbonyl (C=O) groups is 1. The van der Waals surface area contributed by atoms with Crippen molar-refractivity contribution in [2.45, 2.75) is 65.5 Å². The van der Waals surface area contributed by atoms with E-state index in [0.717, 1.165) is 37.2 Å². The average Bonchev–Trinajstić information content (AvgIpc) is 2.28. The van der Waals surface area contributed by atoms with E-state index in [1.54, 1.807) is 0 Å². The van der Waals surface area contributed by atoms with Gasteiger partial charge in [0.05, 0.1) is 0 Å². The van der Waals surface area contributed by atoms with Crippen molar-refractivity contribution in [1.82, 2.24) is 5.32 Å². The van der Waals surface area contributed by atoms with Gasteiger partial charge in [0, 0.05) is 18.0 Å². The molecule has 0 aromatic heterocycles. The molecule has 1 amide bonds. The summed E-state index contributed by atoms with van der Waals surface area (Å²) < 4.78 is 0. The molecule has 0 saturated carbocycles. The highest BCUT2D eigenvalue weighted by Crippen LogP contribution is 2.10. The molecular weight excluding hydrogens is 244 g/mol. The smallest absolute Gasteiger partial charge is 0.223 e. The summed E-state index contributed by atoms with van der Waals surface area (Å²) in [4.78, 5) is 11.9. The molecule has 0 heterocycles. The quantitative estimate of drug-likeness (QED) is 0.602. The van der Waals surface area contributed by atoms with E-state index in [9.17, 15) is 4.79 Å². The summed E-state index contributed by atoms with van der Waals surface area (Å²) in [6, 6.07) is 0.526. The average molecular weight is 274 g/mol. The Labute approximate surface area is 117 Å². The molecule has 4 heteroatoms. The number of thioether (sulfide) groups is 1. The summed E-state index contributed by atoms with van der Waals surface area (Å²) in [7, 11) is 0. The van der Waals surface area contributed by atoms with E-state index in [1.165, 1.54) is 0 Å². The zero-order valence-corrected chi connectivity index (χ0v) is 13.2. The summed E-state index contributed by atoms with van der Waals surface area (Å²) in [5.41, 5.74) is 5.70. The first-order valence-corrected chi connectivity index (χ1v) is 8.26. The summed E-state index contributed by atoms with van der Waals surface area (Å²) in [6.07, 6.45) is 4.02. The molecule has 0 aliphatic rings. The summed E-state index contributed by atoms with van der Waals surface area (Å²) in [5, 5.41) is 3.09. The van der Waals surface area contributed by atoms with Crippen LogP contribution in [0.5, 0.6) is 0 Å². The Morgan fingerprint density at radius 3 is 2.44 bits per heavy atom. The van der Waals surface area contributed by atoms with Gasteiger partial charge >= 0.3 is 0 Å². The predicted molar refractivity (Wildman–Crippen MR) is 81.9 cm³/mol. The number of nitrogens with one attached hydrogen (secondary N) is 1. The van der Waals surface area contributed by atoms with Gasteiger partial charge in [-0.2, -0.15) is 11.8 Å². The second-order valence-corrected chi connectivity index (χ2v) is 6.60. The lowest BCUT2D eigenvalue weighted by atomic mass is 10.0. The Kier molecular flexibility index (Phi) is 10.5. The topological polar surface area (TPSA) is 55.1 Å². The fourth-order valence-corrected chi connectivity index (χ4v) is 2.55. The minimum Gasteiger partial charge on any atom is -0.353 e. The van der Waals surface area contributed by atoms with Crippen molar-refractivity contribution in [1.29, 1.82) is 0 Å². The van der Waals surface area contributed by atoms with Crippen LogP contribution in [0.3, 0.4) is 0 Å². The molecule has 3 N–H and O–H groups in total. The van der Waals surface area contributed by atoms with Gasteiger partial charge < -0.3 is 11.1 Å². The van der Waals surface area contributed by atoms with Crippen LogP contribution in [0, 0.1) is 5.92 Å².